The summed E-state index contributed by atoms with van der Waals surface area (Å²) in [6.45, 7) is 1.68. The summed E-state index contributed by atoms with van der Waals surface area (Å²) in [5.41, 5.74) is 0.403. The third kappa shape index (κ3) is 3.67. The van der Waals surface area contributed by atoms with Gasteiger partial charge in [-0.3, -0.25) is 4.79 Å². The molecule has 1 aliphatic rings. The molecule has 1 saturated heterocycles. The van der Waals surface area contributed by atoms with Crippen molar-refractivity contribution in [2.45, 2.75) is 6.18 Å². The molecular formula is C20H16ClF3N2O2. The number of piperazine rings is 1. The second kappa shape index (κ2) is 7.05. The molecule has 4 rings (SSSR count). The third-order valence-electron chi connectivity index (χ3n) is 4.79. The van der Waals surface area contributed by atoms with E-state index in [1.165, 1.54) is 6.07 Å². The highest BCUT2D eigenvalue weighted by atomic mass is 35.5. The third-order valence-corrected chi connectivity index (χ3v) is 5.03. The van der Waals surface area contributed by atoms with Crippen LogP contribution in [0.25, 0.3) is 11.0 Å². The molecule has 0 spiro atoms. The summed E-state index contributed by atoms with van der Waals surface area (Å²) in [7, 11) is 0. The molecule has 1 aliphatic heterocycles. The van der Waals surface area contributed by atoms with E-state index < -0.39 is 11.7 Å². The van der Waals surface area contributed by atoms with Gasteiger partial charge in [0.1, 0.15) is 5.58 Å². The van der Waals surface area contributed by atoms with Crippen molar-refractivity contribution in [3.05, 3.63) is 64.9 Å². The number of amides is 1. The minimum absolute atomic E-state index is 0.227. The lowest BCUT2D eigenvalue weighted by Gasteiger charge is -2.36. The zero-order chi connectivity index (χ0) is 19.9. The number of furan rings is 1. The van der Waals surface area contributed by atoms with Gasteiger partial charge in [-0.05, 0) is 42.5 Å². The Bertz CT molecular complexity index is 1020. The van der Waals surface area contributed by atoms with E-state index in [9.17, 15) is 18.0 Å². The fourth-order valence-electron chi connectivity index (χ4n) is 3.32. The summed E-state index contributed by atoms with van der Waals surface area (Å²) < 4.78 is 44.4. The largest absolute Gasteiger partial charge is 0.451 e. The molecule has 146 valence electrons. The number of carbonyl (C=O) groups excluding carboxylic acids is 1. The van der Waals surface area contributed by atoms with Crippen LogP contribution in [0.3, 0.4) is 0 Å². The van der Waals surface area contributed by atoms with E-state index in [1.807, 2.05) is 4.90 Å². The lowest BCUT2D eigenvalue weighted by Crippen LogP contribution is -2.48. The number of anilines is 1. The van der Waals surface area contributed by atoms with Crippen molar-refractivity contribution < 1.29 is 22.4 Å². The lowest BCUT2D eigenvalue weighted by molar-refractivity contribution is -0.137. The van der Waals surface area contributed by atoms with Crippen LogP contribution >= 0.6 is 11.6 Å². The summed E-state index contributed by atoms with van der Waals surface area (Å²) in [5.74, 6) is -0.0131. The van der Waals surface area contributed by atoms with Crippen molar-refractivity contribution in [2.75, 3.05) is 31.1 Å². The highest BCUT2D eigenvalue weighted by molar-refractivity contribution is 6.31. The van der Waals surface area contributed by atoms with Crippen LogP contribution < -0.4 is 4.90 Å². The van der Waals surface area contributed by atoms with Gasteiger partial charge in [-0.15, -0.1) is 0 Å². The van der Waals surface area contributed by atoms with Crippen LogP contribution in [0.1, 0.15) is 16.1 Å². The van der Waals surface area contributed by atoms with Crippen LogP contribution in [0.2, 0.25) is 5.02 Å². The van der Waals surface area contributed by atoms with Gasteiger partial charge in [-0.2, -0.15) is 13.2 Å². The fraction of sp³-hybridized carbons (Fsp3) is 0.250. The highest BCUT2D eigenvalue weighted by Gasteiger charge is 2.31. The standard InChI is InChI=1S/C20H16ClF3N2O2/c21-15-4-5-17-13(10-15)11-18(28-17)19(27)26-8-6-25(7-9-26)16-3-1-2-14(12-16)20(22,23)24/h1-5,10-12H,6-9H2. The highest BCUT2D eigenvalue weighted by Crippen LogP contribution is 2.32. The molecule has 0 radical (unpaired) electrons. The van der Waals surface area contributed by atoms with Gasteiger partial charge >= 0.3 is 6.18 Å². The van der Waals surface area contributed by atoms with E-state index in [4.69, 9.17) is 16.0 Å². The molecule has 3 aromatic rings. The Morgan fingerprint density at radius 3 is 2.46 bits per heavy atom. The Labute approximate surface area is 164 Å². The summed E-state index contributed by atoms with van der Waals surface area (Å²) in [5, 5.41) is 1.31. The maximum atomic E-state index is 12.9. The number of rotatable bonds is 2. The Hall–Kier alpha value is -2.67. The van der Waals surface area contributed by atoms with Crippen LogP contribution in [-0.4, -0.2) is 37.0 Å². The van der Waals surface area contributed by atoms with Gasteiger partial charge in [0.05, 0.1) is 5.56 Å². The SMILES string of the molecule is O=C(c1cc2cc(Cl)ccc2o1)N1CCN(c2cccc(C(F)(F)F)c2)CC1. The molecule has 0 saturated carbocycles. The monoisotopic (exact) mass is 408 g/mol. The van der Waals surface area contributed by atoms with E-state index in [2.05, 4.69) is 0 Å². The van der Waals surface area contributed by atoms with Crippen molar-refractivity contribution in [3.8, 4) is 0 Å². The predicted octanol–water partition coefficient (Wildman–Crippen LogP) is 5.07. The summed E-state index contributed by atoms with van der Waals surface area (Å²) in [6, 6.07) is 12.0. The number of halogens is 4. The molecule has 2 heterocycles. The number of alkyl halides is 3. The van der Waals surface area contributed by atoms with Crippen LogP contribution in [0, 0.1) is 0 Å². The van der Waals surface area contributed by atoms with Crippen molar-refractivity contribution in [2.24, 2.45) is 0 Å². The second-order valence-corrected chi connectivity index (χ2v) is 7.06. The Kier molecular flexibility index (Phi) is 4.71. The lowest BCUT2D eigenvalue weighted by atomic mass is 10.1. The minimum Gasteiger partial charge on any atom is -0.451 e. The van der Waals surface area contributed by atoms with Crippen molar-refractivity contribution in [3.63, 3.8) is 0 Å². The van der Waals surface area contributed by atoms with Crippen molar-refractivity contribution >= 4 is 34.2 Å². The maximum absolute atomic E-state index is 12.9. The minimum atomic E-state index is -4.38. The molecule has 0 N–H and O–H groups in total. The molecule has 28 heavy (non-hydrogen) atoms. The van der Waals surface area contributed by atoms with Gasteiger partial charge < -0.3 is 14.2 Å². The molecule has 0 unspecified atom stereocenters. The van der Waals surface area contributed by atoms with Gasteiger partial charge in [0.25, 0.3) is 5.91 Å². The first-order chi connectivity index (χ1) is 13.3. The molecule has 1 aromatic heterocycles. The van der Waals surface area contributed by atoms with Gasteiger partial charge in [0.15, 0.2) is 5.76 Å². The van der Waals surface area contributed by atoms with Crippen molar-refractivity contribution in [1.29, 1.82) is 0 Å². The molecule has 1 fully saturated rings. The Morgan fingerprint density at radius 1 is 1.00 bits per heavy atom. The zero-order valence-corrected chi connectivity index (χ0v) is 15.4. The number of benzene rings is 2. The number of hydrogen-bond acceptors (Lipinski definition) is 3. The van der Waals surface area contributed by atoms with E-state index in [1.54, 1.807) is 35.2 Å². The maximum Gasteiger partial charge on any atom is 0.416 e. The van der Waals surface area contributed by atoms with Gasteiger partial charge in [0, 0.05) is 42.3 Å². The normalized spacial score (nSPS) is 15.3. The topological polar surface area (TPSA) is 36.7 Å². The number of nitrogens with zero attached hydrogens (tertiary/aromatic N) is 2. The van der Waals surface area contributed by atoms with E-state index in [-0.39, 0.29) is 11.7 Å². The zero-order valence-electron chi connectivity index (χ0n) is 14.7. The van der Waals surface area contributed by atoms with Crippen LogP contribution in [0.15, 0.2) is 52.9 Å². The summed E-state index contributed by atoms with van der Waals surface area (Å²) >= 11 is 5.96. The van der Waals surface area contributed by atoms with Gasteiger partial charge in [-0.25, -0.2) is 0 Å². The number of fused-ring (bicyclic) bond motifs is 1. The van der Waals surface area contributed by atoms with Gasteiger partial charge in [0.2, 0.25) is 0 Å². The fourth-order valence-corrected chi connectivity index (χ4v) is 3.50. The average molecular weight is 409 g/mol. The second-order valence-electron chi connectivity index (χ2n) is 6.62. The Balaban J connectivity index is 1.45. The number of hydrogen-bond donors (Lipinski definition) is 0. The summed E-state index contributed by atoms with van der Waals surface area (Å²) in [4.78, 5) is 16.2. The number of carbonyl (C=O) groups is 1. The van der Waals surface area contributed by atoms with Crippen LogP contribution in [0.5, 0.6) is 0 Å². The van der Waals surface area contributed by atoms with Crippen LogP contribution in [0.4, 0.5) is 18.9 Å². The molecular weight excluding hydrogens is 393 g/mol. The first-order valence-corrected chi connectivity index (χ1v) is 9.10. The molecule has 8 heteroatoms. The summed E-state index contributed by atoms with van der Waals surface area (Å²) in [6.07, 6.45) is -4.38. The van der Waals surface area contributed by atoms with E-state index >= 15 is 0 Å². The molecule has 2 aromatic carbocycles. The molecule has 1 amide bonds. The van der Waals surface area contributed by atoms with E-state index in [0.717, 1.165) is 17.5 Å². The van der Waals surface area contributed by atoms with Gasteiger partial charge in [-0.1, -0.05) is 17.7 Å². The van der Waals surface area contributed by atoms with Crippen LogP contribution in [-0.2, 0) is 6.18 Å². The first kappa shape index (κ1) is 18.7. The van der Waals surface area contributed by atoms with E-state index in [0.29, 0.717) is 42.5 Å². The smallest absolute Gasteiger partial charge is 0.416 e. The Morgan fingerprint density at radius 2 is 1.75 bits per heavy atom. The predicted molar refractivity (Wildman–Crippen MR) is 101 cm³/mol. The quantitative estimate of drug-likeness (QED) is 0.594. The molecule has 0 atom stereocenters. The molecule has 0 aliphatic carbocycles. The first-order valence-electron chi connectivity index (χ1n) is 8.72. The average Bonchev–Trinajstić information content (AvgIpc) is 3.10. The van der Waals surface area contributed by atoms with Crippen molar-refractivity contribution in [1.82, 2.24) is 4.90 Å². The molecule has 0 bridgehead atoms. The molecule has 4 nitrogen and oxygen atoms in total.